The number of thioether (sulfide) groups is 1. The van der Waals surface area contributed by atoms with E-state index in [0.717, 1.165) is 38.3 Å². The highest BCUT2D eigenvalue weighted by atomic mass is 35.5. The van der Waals surface area contributed by atoms with Crippen molar-refractivity contribution in [1.29, 1.82) is 0 Å². The maximum Gasteiger partial charge on any atom is 0.232 e. The number of rotatable bonds is 4. The zero-order valence-electron chi connectivity index (χ0n) is 13.2. The van der Waals surface area contributed by atoms with Gasteiger partial charge < -0.3 is 15.4 Å². The largest absolute Gasteiger partial charge is 0.377 e. The van der Waals surface area contributed by atoms with E-state index in [1.165, 1.54) is 12.8 Å². The van der Waals surface area contributed by atoms with E-state index in [1.54, 1.807) is 11.8 Å². The van der Waals surface area contributed by atoms with Crippen molar-refractivity contribution in [1.82, 2.24) is 4.90 Å². The molecule has 0 bridgehead atoms. The summed E-state index contributed by atoms with van der Waals surface area (Å²) in [6.45, 7) is 6.79. The Hall–Kier alpha value is 0.0300. The summed E-state index contributed by atoms with van der Waals surface area (Å²) in [5, 5.41) is 0. The van der Waals surface area contributed by atoms with Crippen molar-refractivity contribution < 1.29 is 9.53 Å². The first-order valence-electron chi connectivity index (χ1n) is 7.72. The minimum Gasteiger partial charge on any atom is -0.377 e. The van der Waals surface area contributed by atoms with Crippen LogP contribution in [0.2, 0.25) is 0 Å². The average Bonchev–Trinajstić information content (AvgIpc) is 2.43. The molecule has 2 aliphatic heterocycles. The van der Waals surface area contributed by atoms with Crippen LogP contribution < -0.4 is 5.73 Å². The van der Waals surface area contributed by atoms with E-state index in [9.17, 15) is 4.79 Å². The molecule has 2 saturated heterocycles. The Morgan fingerprint density at radius 1 is 1.38 bits per heavy atom. The third kappa shape index (κ3) is 5.62. The van der Waals surface area contributed by atoms with Crippen LogP contribution in [0, 0.1) is 5.41 Å². The molecule has 124 valence electrons. The highest BCUT2D eigenvalue weighted by Crippen LogP contribution is 2.28. The van der Waals surface area contributed by atoms with Gasteiger partial charge in [0.25, 0.3) is 0 Å². The molecule has 4 nitrogen and oxygen atoms in total. The Labute approximate surface area is 138 Å². The number of halogens is 1. The summed E-state index contributed by atoms with van der Waals surface area (Å²) in [6, 6.07) is 0.204. The zero-order valence-corrected chi connectivity index (χ0v) is 14.8. The first-order valence-corrected chi connectivity index (χ1v) is 8.87. The molecule has 2 N–H and O–H groups in total. The van der Waals surface area contributed by atoms with Gasteiger partial charge in [-0.3, -0.25) is 4.79 Å². The highest BCUT2D eigenvalue weighted by molar-refractivity contribution is 7.99. The van der Waals surface area contributed by atoms with E-state index in [4.69, 9.17) is 10.5 Å². The second-order valence-electron chi connectivity index (χ2n) is 6.70. The number of likely N-dealkylation sites (tertiary alicyclic amines) is 1. The normalized spacial score (nSPS) is 28.8. The average molecular weight is 337 g/mol. The topological polar surface area (TPSA) is 55.6 Å². The van der Waals surface area contributed by atoms with Crippen LogP contribution in [0.1, 0.15) is 39.5 Å². The number of nitrogens with two attached hydrogens (primary N) is 1. The van der Waals surface area contributed by atoms with Gasteiger partial charge in [-0.1, -0.05) is 13.8 Å². The summed E-state index contributed by atoms with van der Waals surface area (Å²) in [5.74, 6) is 1.78. The van der Waals surface area contributed by atoms with Gasteiger partial charge in [0.05, 0.1) is 11.9 Å². The van der Waals surface area contributed by atoms with Gasteiger partial charge in [-0.2, -0.15) is 0 Å². The predicted molar refractivity (Wildman–Crippen MR) is 91.1 cm³/mol. The van der Waals surface area contributed by atoms with Gasteiger partial charge in [0.2, 0.25) is 5.91 Å². The Morgan fingerprint density at radius 2 is 2.14 bits per heavy atom. The SMILES string of the molecule is CC1(C)CN(C(=O)CSCC2CCCCO2)CCC1N.Cl. The Balaban J connectivity index is 0.00000220. The molecule has 2 fully saturated rings. The molecule has 6 heteroatoms. The molecule has 0 aromatic rings. The van der Waals surface area contributed by atoms with Crippen LogP contribution in [0.5, 0.6) is 0 Å². The highest BCUT2D eigenvalue weighted by Gasteiger charge is 2.35. The summed E-state index contributed by atoms with van der Waals surface area (Å²) in [7, 11) is 0. The van der Waals surface area contributed by atoms with Crippen LogP contribution in [0.25, 0.3) is 0 Å². The Morgan fingerprint density at radius 3 is 2.76 bits per heavy atom. The number of hydrogen-bond acceptors (Lipinski definition) is 4. The first-order chi connectivity index (χ1) is 9.49. The molecular formula is C15H29ClN2O2S. The lowest BCUT2D eigenvalue weighted by molar-refractivity contribution is -0.131. The third-order valence-corrected chi connectivity index (χ3v) is 5.53. The number of carbonyl (C=O) groups is 1. The van der Waals surface area contributed by atoms with E-state index in [-0.39, 0.29) is 29.8 Å². The second-order valence-corrected chi connectivity index (χ2v) is 7.73. The molecule has 2 atom stereocenters. The minimum absolute atomic E-state index is 0. The van der Waals surface area contributed by atoms with Crippen molar-refractivity contribution in [3.05, 3.63) is 0 Å². The standard InChI is InChI=1S/C15H28N2O2S.ClH/c1-15(2)11-17(7-6-13(15)16)14(18)10-20-9-12-5-3-4-8-19-12;/h12-13H,3-11,16H2,1-2H3;1H. The molecule has 2 unspecified atom stereocenters. The molecule has 0 aromatic heterocycles. The molecule has 0 saturated carbocycles. The fourth-order valence-corrected chi connectivity index (χ4v) is 3.90. The van der Waals surface area contributed by atoms with Crippen LogP contribution in [-0.2, 0) is 9.53 Å². The lowest BCUT2D eigenvalue weighted by Crippen LogP contribution is -2.54. The molecule has 21 heavy (non-hydrogen) atoms. The fraction of sp³-hybridized carbons (Fsp3) is 0.933. The molecule has 2 rings (SSSR count). The molecule has 0 aromatic carbocycles. The Bertz CT molecular complexity index is 336. The van der Waals surface area contributed by atoms with E-state index in [1.807, 2.05) is 4.90 Å². The number of hydrogen-bond donors (Lipinski definition) is 1. The predicted octanol–water partition coefficient (Wildman–Crippen LogP) is 2.30. The summed E-state index contributed by atoms with van der Waals surface area (Å²) < 4.78 is 5.69. The summed E-state index contributed by atoms with van der Waals surface area (Å²) in [4.78, 5) is 14.2. The van der Waals surface area contributed by atoms with E-state index in [2.05, 4.69) is 13.8 Å². The van der Waals surface area contributed by atoms with Gasteiger partial charge in [0.15, 0.2) is 0 Å². The molecular weight excluding hydrogens is 308 g/mol. The zero-order chi connectivity index (χ0) is 14.6. The second kappa shape index (κ2) is 8.61. The monoisotopic (exact) mass is 336 g/mol. The van der Waals surface area contributed by atoms with Crippen LogP contribution in [0.4, 0.5) is 0 Å². The first kappa shape index (κ1) is 19.1. The quantitative estimate of drug-likeness (QED) is 0.855. The molecule has 0 aliphatic carbocycles. The fourth-order valence-electron chi connectivity index (χ4n) is 2.89. The number of nitrogens with zero attached hydrogens (tertiary/aromatic N) is 1. The molecule has 2 heterocycles. The lowest BCUT2D eigenvalue weighted by atomic mass is 9.80. The molecule has 0 spiro atoms. The van der Waals surface area contributed by atoms with Crippen LogP contribution in [0.3, 0.4) is 0 Å². The summed E-state index contributed by atoms with van der Waals surface area (Å²) in [5.41, 5.74) is 6.15. The van der Waals surface area contributed by atoms with Crippen molar-refractivity contribution in [3.63, 3.8) is 0 Å². The van der Waals surface area contributed by atoms with Crippen molar-refractivity contribution in [2.24, 2.45) is 11.1 Å². The third-order valence-electron chi connectivity index (χ3n) is 4.47. The Kier molecular flexibility index (Phi) is 7.82. The van der Waals surface area contributed by atoms with Gasteiger partial charge in [-0.05, 0) is 31.1 Å². The van der Waals surface area contributed by atoms with Crippen molar-refractivity contribution >= 4 is 30.1 Å². The maximum absolute atomic E-state index is 12.3. The molecule has 1 amide bonds. The van der Waals surface area contributed by atoms with Crippen molar-refractivity contribution in [2.45, 2.75) is 51.7 Å². The van der Waals surface area contributed by atoms with Gasteiger partial charge >= 0.3 is 0 Å². The van der Waals surface area contributed by atoms with Crippen LogP contribution >= 0.6 is 24.2 Å². The lowest BCUT2D eigenvalue weighted by Gasteiger charge is -2.42. The van der Waals surface area contributed by atoms with Gasteiger partial charge in [0.1, 0.15) is 0 Å². The number of carbonyl (C=O) groups excluding carboxylic acids is 1. The van der Waals surface area contributed by atoms with Crippen molar-refractivity contribution in [3.8, 4) is 0 Å². The maximum atomic E-state index is 12.3. The van der Waals surface area contributed by atoms with Gasteiger partial charge in [-0.25, -0.2) is 0 Å². The molecule has 0 radical (unpaired) electrons. The van der Waals surface area contributed by atoms with Gasteiger partial charge in [-0.15, -0.1) is 24.2 Å². The summed E-state index contributed by atoms with van der Waals surface area (Å²) >= 11 is 1.72. The van der Waals surface area contributed by atoms with Crippen LogP contribution in [0.15, 0.2) is 0 Å². The summed E-state index contributed by atoms with van der Waals surface area (Å²) in [6.07, 6.45) is 4.86. The molecule has 2 aliphatic rings. The smallest absolute Gasteiger partial charge is 0.232 e. The minimum atomic E-state index is 0. The number of piperidine rings is 1. The van der Waals surface area contributed by atoms with E-state index >= 15 is 0 Å². The van der Waals surface area contributed by atoms with E-state index < -0.39 is 0 Å². The van der Waals surface area contributed by atoms with Gasteiger partial charge in [0, 0.05) is 31.5 Å². The van der Waals surface area contributed by atoms with Crippen molar-refractivity contribution in [2.75, 3.05) is 31.2 Å². The van der Waals surface area contributed by atoms with Crippen LogP contribution in [-0.4, -0.2) is 54.2 Å². The van der Waals surface area contributed by atoms with E-state index in [0.29, 0.717) is 11.9 Å². The number of ether oxygens (including phenoxy) is 1. The number of amides is 1.